The van der Waals surface area contributed by atoms with Crippen LogP contribution in [0.4, 0.5) is 0 Å². The molecule has 11 heavy (non-hydrogen) atoms. The van der Waals surface area contributed by atoms with E-state index in [1.807, 2.05) is 0 Å². The molecule has 70 valence electrons. The maximum atomic E-state index is 7.42. The molecule has 4 heteroatoms. The van der Waals surface area contributed by atoms with Crippen molar-refractivity contribution in [3.05, 3.63) is 12.7 Å². The van der Waals surface area contributed by atoms with E-state index >= 15 is 0 Å². The van der Waals surface area contributed by atoms with Crippen molar-refractivity contribution < 1.29 is 16.5 Å². The van der Waals surface area contributed by atoms with Gasteiger partial charge in [-0.3, -0.25) is 0 Å². The van der Waals surface area contributed by atoms with E-state index in [1.54, 1.807) is 0 Å². The Labute approximate surface area is 85.4 Å². The molecule has 0 radical (unpaired) electrons. The standard InChI is InChI=1S/C7H13N.2ClH.Pt/c1-6-4-2-3-5-7(6)8;;;/h6-8H,1-5H2;2*1H;/q-2;;;+4/p-2/t6-,7-;;;/m1.../s1. The van der Waals surface area contributed by atoms with Crippen LogP contribution in [0.25, 0.3) is 5.73 Å². The van der Waals surface area contributed by atoms with Gasteiger partial charge in [0.1, 0.15) is 0 Å². The molecule has 0 amide bonds. The molecule has 0 aromatic rings. The first-order chi connectivity index (χ1) is 5.22. The van der Waals surface area contributed by atoms with Gasteiger partial charge in [0.05, 0.1) is 0 Å². The normalized spacial score (nSPS) is 30.9. The fourth-order valence-corrected chi connectivity index (χ4v) is 1.21. The molecule has 0 aromatic carbocycles. The van der Waals surface area contributed by atoms with E-state index in [-0.39, 0.29) is 6.04 Å². The third-order valence-electron chi connectivity index (χ3n) is 1.91. The quantitative estimate of drug-likeness (QED) is 0.574. The summed E-state index contributed by atoms with van der Waals surface area (Å²) in [7, 11) is 9.75. The molecule has 1 nitrogen and oxygen atoms in total. The molecule has 1 aliphatic carbocycles. The number of halogens is 2. The summed E-state index contributed by atoms with van der Waals surface area (Å²) >= 11 is -0.472. The van der Waals surface area contributed by atoms with E-state index in [1.165, 1.54) is 19.3 Å². The summed E-state index contributed by atoms with van der Waals surface area (Å²) in [5, 5.41) is 0. The maximum absolute atomic E-state index is 7.42. The van der Waals surface area contributed by atoms with E-state index < -0.39 is 16.5 Å². The first-order valence-electron chi connectivity index (χ1n) is 3.59. The SMILES string of the molecule is [CH2-][C@@H]1CCCC[C@H]1[NH-].[Cl][Pt+2][Cl]. The van der Waals surface area contributed by atoms with Crippen LogP contribution in [0.5, 0.6) is 0 Å². The predicted octanol–water partition coefficient (Wildman–Crippen LogP) is 3.81. The third kappa shape index (κ3) is 6.39. The molecule has 0 unspecified atom stereocenters. The van der Waals surface area contributed by atoms with Crippen molar-refractivity contribution in [2.45, 2.75) is 31.7 Å². The van der Waals surface area contributed by atoms with Crippen LogP contribution in [0.2, 0.25) is 0 Å². The molecule has 1 rings (SSSR count). The van der Waals surface area contributed by atoms with Gasteiger partial charge in [0.2, 0.25) is 0 Å². The van der Waals surface area contributed by atoms with Crippen molar-refractivity contribution in [2.75, 3.05) is 0 Å². The molecule has 0 saturated heterocycles. The summed E-state index contributed by atoms with van der Waals surface area (Å²) in [5.41, 5.74) is 7.42. The molecular weight excluding hydrogens is 364 g/mol. The summed E-state index contributed by atoms with van der Waals surface area (Å²) in [4.78, 5) is 0. The van der Waals surface area contributed by atoms with Crippen LogP contribution >= 0.6 is 18.8 Å². The molecule has 1 fully saturated rings. The van der Waals surface area contributed by atoms with Gasteiger partial charge in [-0.25, -0.2) is 0 Å². The summed E-state index contributed by atoms with van der Waals surface area (Å²) in [6.45, 7) is 3.89. The van der Waals surface area contributed by atoms with Crippen LogP contribution in [-0.4, -0.2) is 6.04 Å². The molecule has 0 aliphatic heterocycles. The molecule has 0 aromatic heterocycles. The second kappa shape index (κ2) is 7.86. The Kier molecular flexibility index (Phi) is 8.73. The molecule has 0 spiro atoms. The van der Waals surface area contributed by atoms with E-state index in [0.29, 0.717) is 5.92 Å². The van der Waals surface area contributed by atoms with Crippen LogP contribution in [0.1, 0.15) is 25.7 Å². The van der Waals surface area contributed by atoms with Gasteiger partial charge in [0.15, 0.2) is 0 Å². The third-order valence-corrected chi connectivity index (χ3v) is 1.91. The zero-order valence-electron chi connectivity index (χ0n) is 6.26. The van der Waals surface area contributed by atoms with Gasteiger partial charge < -0.3 is 12.7 Å². The summed E-state index contributed by atoms with van der Waals surface area (Å²) in [5.74, 6) is 0.420. The first kappa shape index (κ1) is 12.2. The van der Waals surface area contributed by atoms with E-state index in [0.717, 1.165) is 6.42 Å². The molecule has 1 saturated carbocycles. The van der Waals surface area contributed by atoms with Crippen LogP contribution in [0.15, 0.2) is 0 Å². The Morgan fingerprint density at radius 1 is 1.27 bits per heavy atom. The van der Waals surface area contributed by atoms with Crippen molar-refractivity contribution >= 4 is 18.8 Å². The fraction of sp³-hybridized carbons (Fsp3) is 0.857. The van der Waals surface area contributed by atoms with Crippen molar-refractivity contribution in [3.63, 3.8) is 0 Å². The van der Waals surface area contributed by atoms with Gasteiger partial charge in [0.25, 0.3) is 0 Å². The Morgan fingerprint density at radius 3 is 2.00 bits per heavy atom. The van der Waals surface area contributed by atoms with Gasteiger partial charge in [-0.05, 0) is 0 Å². The van der Waals surface area contributed by atoms with Crippen molar-refractivity contribution in [3.8, 4) is 0 Å². The van der Waals surface area contributed by atoms with Gasteiger partial charge in [0, 0.05) is 0 Å². The predicted molar refractivity (Wildman–Crippen MR) is 47.1 cm³/mol. The number of rotatable bonds is 0. The van der Waals surface area contributed by atoms with Gasteiger partial charge in [-0.2, -0.15) is 12.0 Å². The zero-order chi connectivity index (χ0) is 8.69. The van der Waals surface area contributed by atoms with E-state index in [2.05, 4.69) is 6.92 Å². The van der Waals surface area contributed by atoms with Gasteiger partial charge in [-0.1, -0.05) is 25.7 Å². The Bertz CT molecular complexity index is 82.5. The van der Waals surface area contributed by atoms with Gasteiger partial charge in [-0.15, -0.1) is 0 Å². The van der Waals surface area contributed by atoms with Crippen molar-refractivity contribution in [2.24, 2.45) is 5.92 Å². The van der Waals surface area contributed by atoms with Gasteiger partial charge >= 0.3 is 35.3 Å². The van der Waals surface area contributed by atoms with Crippen LogP contribution in [-0.2, 0) is 16.5 Å². The van der Waals surface area contributed by atoms with Crippen LogP contribution < -0.4 is 0 Å². The second-order valence-electron chi connectivity index (χ2n) is 2.70. The average molecular weight is 377 g/mol. The van der Waals surface area contributed by atoms with E-state index in [4.69, 9.17) is 24.6 Å². The van der Waals surface area contributed by atoms with Crippen molar-refractivity contribution in [1.29, 1.82) is 0 Å². The molecule has 0 bridgehead atoms. The fourth-order valence-electron chi connectivity index (χ4n) is 1.21. The average Bonchev–Trinajstić information content (AvgIpc) is 1.97. The molecule has 1 aliphatic rings. The Morgan fingerprint density at radius 2 is 1.73 bits per heavy atom. The zero-order valence-corrected chi connectivity index (χ0v) is 10.0. The summed E-state index contributed by atoms with van der Waals surface area (Å²) in [6, 6.07) is 0.142. The Hall–Kier alpha value is 1.23. The topological polar surface area (TPSA) is 23.8 Å². The minimum absolute atomic E-state index is 0.142. The first-order valence-corrected chi connectivity index (χ1v) is 9.22. The second-order valence-corrected chi connectivity index (χ2v) is 5.98. The number of hydrogen-bond acceptors (Lipinski definition) is 0. The Balaban J connectivity index is 0.000000292. The summed E-state index contributed by atoms with van der Waals surface area (Å²) < 4.78 is 0. The molecule has 2 atom stereocenters. The number of nitrogens with one attached hydrogen (secondary N) is 1. The summed E-state index contributed by atoms with van der Waals surface area (Å²) in [6.07, 6.45) is 4.80. The van der Waals surface area contributed by atoms with Crippen LogP contribution in [0.3, 0.4) is 0 Å². The van der Waals surface area contributed by atoms with Crippen LogP contribution in [0, 0.1) is 12.8 Å². The monoisotopic (exact) mass is 376 g/mol. The molecular formula is C7H13Cl2NPt. The molecule has 0 heterocycles. The van der Waals surface area contributed by atoms with E-state index in [9.17, 15) is 0 Å². The van der Waals surface area contributed by atoms with Crippen molar-refractivity contribution in [1.82, 2.24) is 0 Å². The number of hydrogen-bond donors (Lipinski definition) is 0. The molecule has 1 N–H and O–H groups in total. The minimum atomic E-state index is -0.472.